The zero-order chi connectivity index (χ0) is 10.5. The van der Waals surface area contributed by atoms with E-state index in [1.807, 2.05) is 6.92 Å². The van der Waals surface area contributed by atoms with E-state index in [9.17, 15) is 13.0 Å². The summed E-state index contributed by atoms with van der Waals surface area (Å²) in [5.41, 5.74) is 0. The smallest absolute Gasteiger partial charge is 0.132 e. The highest BCUT2D eigenvalue weighted by Gasteiger charge is 2.17. The van der Waals surface area contributed by atoms with Gasteiger partial charge in [0.25, 0.3) is 0 Å². The van der Waals surface area contributed by atoms with Crippen LogP contribution < -0.4 is 5.32 Å². The molecule has 0 aliphatic rings. The fourth-order valence-electron chi connectivity index (χ4n) is 0.729. The summed E-state index contributed by atoms with van der Waals surface area (Å²) >= 11 is 0. The van der Waals surface area contributed by atoms with Crippen molar-refractivity contribution in [3.63, 3.8) is 0 Å². The predicted molar refractivity (Wildman–Crippen MR) is 44.9 cm³/mol. The van der Waals surface area contributed by atoms with E-state index in [-0.39, 0.29) is 0 Å². The average Bonchev–Trinajstić information content (AvgIpc) is 1.96. The quantitative estimate of drug-likeness (QED) is 0.354. The lowest BCUT2D eigenvalue weighted by atomic mass is 10.3. The molecule has 0 amide bonds. The first-order valence-electron chi connectivity index (χ1n) is 3.90. The minimum Gasteiger partial charge on any atom is -0.748 e. The molecule has 13 heavy (non-hydrogen) atoms. The van der Waals surface area contributed by atoms with Gasteiger partial charge in [-0.3, -0.25) is 5.32 Å². The van der Waals surface area contributed by atoms with Crippen LogP contribution in [0.1, 0.15) is 13.3 Å². The Bertz CT molecular complexity index is 227. The van der Waals surface area contributed by atoms with Crippen molar-refractivity contribution in [2.45, 2.75) is 25.7 Å². The van der Waals surface area contributed by atoms with Crippen LogP contribution in [0, 0.1) is 0 Å². The minimum absolute atomic E-state index is 0.442. The fourth-order valence-corrected chi connectivity index (χ4v) is 1.33. The molecule has 2 atom stereocenters. The SMILES string of the molecule is CCCNC(O)C(O)CS(=O)(=O)[O-]. The third kappa shape index (κ3) is 6.91. The van der Waals surface area contributed by atoms with Gasteiger partial charge in [-0.25, -0.2) is 8.42 Å². The molecule has 7 heteroatoms. The molecule has 0 saturated heterocycles. The third-order valence-corrected chi connectivity index (χ3v) is 2.09. The largest absolute Gasteiger partial charge is 0.748 e. The van der Waals surface area contributed by atoms with E-state index in [0.29, 0.717) is 6.54 Å². The van der Waals surface area contributed by atoms with Crippen molar-refractivity contribution in [3.05, 3.63) is 0 Å². The molecule has 0 heterocycles. The van der Waals surface area contributed by atoms with Crippen molar-refractivity contribution in [2.75, 3.05) is 12.3 Å². The van der Waals surface area contributed by atoms with E-state index in [2.05, 4.69) is 5.32 Å². The molecule has 0 aliphatic carbocycles. The number of nitrogens with one attached hydrogen (secondary N) is 1. The van der Waals surface area contributed by atoms with Crippen molar-refractivity contribution in [2.24, 2.45) is 0 Å². The minimum atomic E-state index is -4.49. The average molecular weight is 212 g/mol. The Kier molecular flexibility index (Phi) is 5.42. The topological polar surface area (TPSA) is 110 Å². The summed E-state index contributed by atoms with van der Waals surface area (Å²) in [5, 5.41) is 20.5. The lowest BCUT2D eigenvalue weighted by molar-refractivity contribution is 0.0107. The molecule has 0 aromatic rings. The molecule has 0 spiro atoms. The van der Waals surface area contributed by atoms with Crippen LogP contribution in [0.5, 0.6) is 0 Å². The Balaban J connectivity index is 3.89. The van der Waals surface area contributed by atoms with Gasteiger partial charge in [0.1, 0.15) is 12.3 Å². The summed E-state index contributed by atoms with van der Waals surface area (Å²) in [6.45, 7) is 2.29. The Morgan fingerprint density at radius 2 is 2.00 bits per heavy atom. The molecule has 2 unspecified atom stereocenters. The van der Waals surface area contributed by atoms with Crippen molar-refractivity contribution in [3.8, 4) is 0 Å². The van der Waals surface area contributed by atoms with Gasteiger partial charge in [-0.1, -0.05) is 6.92 Å². The summed E-state index contributed by atoms with van der Waals surface area (Å²) in [7, 11) is -4.49. The predicted octanol–water partition coefficient (Wildman–Crippen LogP) is -1.79. The van der Waals surface area contributed by atoms with Gasteiger partial charge < -0.3 is 14.8 Å². The van der Waals surface area contributed by atoms with Gasteiger partial charge in [-0.2, -0.15) is 0 Å². The Morgan fingerprint density at radius 1 is 1.46 bits per heavy atom. The van der Waals surface area contributed by atoms with E-state index in [1.165, 1.54) is 0 Å². The lowest BCUT2D eigenvalue weighted by Crippen LogP contribution is -2.43. The summed E-state index contributed by atoms with van der Waals surface area (Å²) in [6.07, 6.45) is -2.22. The Labute approximate surface area is 77.3 Å². The maximum atomic E-state index is 10.2. The zero-order valence-corrected chi connectivity index (χ0v) is 8.12. The molecule has 0 aliphatic heterocycles. The highest BCUT2D eigenvalue weighted by Crippen LogP contribution is 1.94. The molecule has 80 valence electrons. The van der Waals surface area contributed by atoms with Crippen LogP contribution in [0.25, 0.3) is 0 Å². The second-order valence-electron chi connectivity index (χ2n) is 2.69. The van der Waals surface area contributed by atoms with Gasteiger partial charge in [-0.15, -0.1) is 0 Å². The van der Waals surface area contributed by atoms with Crippen molar-refractivity contribution >= 4 is 10.1 Å². The molecular weight excluding hydrogens is 198 g/mol. The van der Waals surface area contributed by atoms with Crippen LogP contribution >= 0.6 is 0 Å². The molecule has 0 saturated carbocycles. The summed E-state index contributed by atoms with van der Waals surface area (Å²) in [6, 6.07) is 0. The maximum absolute atomic E-state index is 10.2. The van der Waals surface area contributed by atoms with Crippen molar-refractivity contribution < 1.29 is 23.2 Å². The van der Waals surface area contributed by atoms with E-state index < -0.39 is 28.2 Å². The van der Waals surface area contributed by atoms with Crippen LogP contribution in [-0.2, 0) is 10.1 Å². The molecule has 0 aromatic heterocycles. The van der Waals surface area contributed by atoms with Gasteiger partial charge in [0, 0.05) is 0 Å². The van der Waals surface area contributed by atoms with Crippen LogP contribution in [0.2, 0.25) is 0 Å². The molecular formula is C6H14NO5S-. The second kappa shape index (κ2) is 5.51. The number of aliphatic hydroxyl groups excluding tert-OH is 2. The first-order chi connectivity index (χ1) is 5.87. The van der Waals surface area contributed by atoms with E-state index in [0.717, 1.165) is 6.42 Å². The first-order valence-corrected chi connectivity index (χ1v) is 5.47. The monoisotopic (exact) mass is 212 g/mol. The van der Waals surface area contributed by atoms with Gasteiger partial charge in [0.2, 0.25) is 0 Å². The van der Waals surface area contributed by atoms with Crippen LogP contribution in [0.3, 0.4) is 0 Å². The van der Waals surface area contributed by atoms with Crippen LogP contribution in [-0.4, -0.2) is 47.8 Å². The highest BCUT2D eigenvalue weighted by atomic mass is 32.2. The van der Waals surface area contributed by atoms with Crippen molar-refractivity contribution in [1.29, 1.82) is 0 Å². The third-order valence-electron chi connectivity index (χ3n) is 1.34. The first kappa shape index (κ1) is 12.8. The number of rotatable bonds is 6. The number of aliphatic hydroxyl groups is 2. The molecule has 6 nitrogen and oxygen atoms in total. The summed E-state index contributed by atoms with van der Waals surface area (Å²) in [4.78, 5) is 0. The summed E-state index contributed by atoms with van der Waals surface area (Å²) in [5.74, 6) is -0.981. The Hall–Kier alpha value is -0.210. The van der Waals surface area contributed by atoms with Gasteiger partial charge in [-0.05, 0) is 13.0 Å². The van der Waals surface area contributed by atoms with Gasteiger partial charge >= 0.3 is 0 Å². The lowest BCUT2D eigenvalue weighted by Gasteiger charge is -2.19. The van der Waals surface area contributed by atoms with E-state index in [1.54, 1.807) is 0 Å². The van der Waals surface area contributed by atoms with E-state index in [4.69, 9.17) is 10.2 Å². The maximum Gasteiger partial charge on any atom is 0.132 e. The number of hydrogen-bond donors (Lipinski definition) is 3. The van der Waals surface area contributed by atoms with Crippen LogP contribution in [0.4, 0.5) is 0 Å². The molecule has 0 rings (SSSR count). The van der Waals surface area contributed by atoms with E-state index >= 15 is 0 Å². The molecule has 0 bridgehead atoms. The second-order valence-corrected chi connectivity index (χ2v) is 4.14. The Morgan fingerprint density at radius 3 is 2.38 bits per heavy atom. The van der Waals surface area contributed by atoms with Gasteiger partial charge in [0.15, 0.2) is 0 Å². The molecule has 0 fully saturated rings. The highest BCUT2D eigenvalue weighted by molar-refractivity contribution is 7.85. The molecule has 3 N–H and O–H groups in total. The zero-order valence-electron chi connectivity index (χ0n) is 7.30. The van der Waals surface area contributed by atoms with Crippen molar-refractivity contribution in [1.82, 2.24) is 5.32 Å². The molecule has 0 radical (unpaired) electrons. The van der Waals surface area contributed by atoms with Crippen LogP contribution in [0.15, 0.2) is 0 Å². The standard InChI is InChI=1S/C6H15NO5S/c1-2-3-7-6(9)5(8)4-13(10,11)12/h5-9H,2-4H2,1H3,(H,10,11,12)/p-1. The van der Waals surface area contributed by atoms with Gasteiger partial charge in [0.05, 0.1) is 15.9 Å². The summed E-state index contributed by atoms with van der Waals surface area (Å²) < 4.78 is 30.5. The fraction of sp³-hybridized carbons (Fsp3) is 1.00. The normalized spacial score (nSPS) is 16.9. The molecule has 0 aromatic carbocycles. The number of hydrogen-bond acceptors (Lipinski definition) is 6.